The molecule has 0 unspecified atom stereocenters. The van der Waals surface area contributed by atoms with Crippen molar-refractivity contribution in [2.24, 2.45) is 17.8 Å². The van der Waals surface area contributed by atoms with Gasteiger partial charge < -0.3 is 0 Å². The number of hydrogen-bond donors (Lipinski definition) is 0. The van der Waals surface area contributed by atoms with Crippen molar-refractivity contribution < 1.29 is 4.74 Å². The average molecular weight is 487 g/mol. The summed E-state index contributed by atoms with van der Waals surface area (Å²) in [5.74, 6) is 1.93. The Balaban J connectivity index is 1.83. The maximum atomic E-state index is 5.81. The third-order valence-corrected chi connectivity index (χ3v) is 23.1. The Morgan fingerprint density at radius 3 is 1.59 bits per heavy atom. The third-order valence-electron chi connectivity index (χ3n) is 7.17. The van der Waals surface area contributed by atoms with E-state index in [0.717, 1.165) is 6.61 Å². The second kappa shape index (κ2) is 8.12. The topological polar surface area (TPSA) is 9.23 Å². The zero-order chi connectivity index (χ0) is 19.7. The predicted molar refractivity (Wildman–Crippen MR) is 124 cm³/mol. The fourth-order valence-electron chi connectivity index (χ4n) is 6.17. The minimum atomic E-state index is -3.34. The SMILES string of the molecule is COC[C@H]1[C@H]([Sn]([c]2ccccc2)([c]2ccccc2)[c]2ccccc2)[C@H]2C=C[C@@H]1C2. The summed E-state index contributed by atoms with van der Waals surface area (Å²) in [6.45, 7) is 0.862. The first-order valence-electron chi connectivity index (χ1n) is 10.7. The van der Waals surface area contributed by atoms with Gasteiger partial charge >= 0.3 is 179 Å². The summed E-state index contributed by atoms with van der Waals surface area (Å²) in [5, 5.41) is 0. The van der Waals surface area contributed by atoms with Crippen LogP contribution in [0.5, 0.6) is 0 Å². The summed E-state index contributed by atoms with van der Waals surface area (Å²) < 4.78 is 11.3. The molecule has 0 aliphatic heterocycles. The average Bonchev–Trinajstić information content (AvgIpc) is 3.40. The molecule has 29 heavy (non-hydrogen) atoms. The Bertz CT molecular complexity index is 871. The monoisotopic (exact) mass is 488 g/mol. The van der Waals surface area contributed by atoms with Gasteiger partial charge in [0.15, 0.2) is 0 Å². The maximum absolute atomic E-state index is 5.81. The van der Waals surface area contributed by atoms with Crippen molar-refractivity contribution in [2.45, 2.75) is 10.4 Å². The van der Waals surface area contributed by atoms with Crippen molar-refractivity contribution in [3.8, 4) is 0 Å². The predicted octanol–water partition coefficient (Wildman–Crippen LogP) is 4.00. The van der Waals surface area contributed by atoms with Gasteiger partial charge in [-0.3, -0.25) is 0 Å². The molecule has 1 saturated carbocycles. The van der Waals surface area contributed by atoms with Crippen molar-refractivity contribution >= 4 is 29.1 Å². The number of methoxy groups -OCH3 is 1. The molecular formula is C27H28OSn. The van der Waals surface area contributed by atoms with E-state index in [1.807, 2.05) is 7.11 Å². The number of allylic oxidation sites excluding steroid dienone is 2. The van der Waals surface area contributed by atoms with Gasteiger partial charge in [-0.2, -0.15) is 0 Å². The number of ether oxygens (including phenoxy) is 1. The van der Waals surface area contributed by atoms with Crippen molar-refractivity contribution in [3.05, 3.63) is 103 Å². The summed E-state index contributed by atoms with van der Waals surface area (Å²) in [6.07, 6.45) is 6.30. The summed E-state index contributed by atoms with van der Waals surface area (Å²) in [6, 6.07) is 34.4. The second-order valence-electron chi connectivity index (χ2n) is 8.50. The molecular weight excluding hydrogens is 459 g/mol. The molecule has 3 aromatic carbocycles. The van der Waals surface area contributed by atoms with E-state index in [-0.39, 0.29) is 0 Å². The number of hydrogen-bond acceptors (Lipinski definition) is 1. The van der Waals surface area contributed by atoms with E-state index in [1.165, 1.54) is 6.42 Å². The Morgan fingerprint density at radius 2 is 1.14 bits per heavy atom. The molecule has 0 saturated heterocycles. The Labute approximate surface area is 178 Å². The Hall–Kier alpha value is -1.84. The van der Waals surface area contributed by atoms with Crippen LogP contribution < -0.4 is 10.7 Å². The van der Waals surface area contributed by atoms with Crippen LogP contribution in [0.2, 0.25) is 3.93 Å². The van der Waals surface area contributed by atoms with Crippen LogP contribution in [0.1, 0.15) is 6.42 Å². The van der Waals surface area contributed by atoms with E-state index in [1.54, 1.807) is 10.7 Å². The molecule has 1 nitrogen and oxygen atoms in total. The summed E-state index contributed by atoms with van der Waals surface area (Å²) >= 11 is -3.34. The number of benzene rings is 3. The van der Waals surface area contributed by atoms with E-state index in [0.29, 0.717) is 21.7 Å². The van der Waals surface area contributed by atoms with Crippen molar-refractivity contribution in [2.75, 3.05) is 13.7 Å². The molecule has 146 valence electrons. The van der Waals surface area contributed by atoms with Gasteiger partial charge in [-0.1, -0.05) is 0 Å². The number of rotatable bonds is 6. The molecule has 0 radical (unpaired) electrons. The van der Waals surface area contributed by atoms with Crippen LogP contribution in [0.3, 0.4) is 0 Å². The van der Waals surface area contributed by atoms with Crippen molar-refractivity contribution in [1.82, 2.24) is 0 Å². The van der Waals surface area contributed by atoms with E-state index >= 15 is 0 Å². The molecule has 0 aromatic heterocycles. The summed E-state index contributed by atoms with van der Waals surface area (Å²) in [7, 11) is 1.87. The van der Waals surface area contributed by atoms with Crippen LogP contribution >= 0.6 is 0 Å². The molecule has 5 rings (SSSR count). The molecule has 2 heteroatoms. The first kappa shape index (κ1) is 19.1. The van der Waals surface area contributed by atoms with E-state index in [2.05, 4.69) is 103 Å². The summed E-state index contributed by atoms with van der Waals surface area (Å²) in [4.78, 5) is 0. The van der Waals surface area contributed by atoms with E-state index in [9.17, 15) is 0 Å². The van der Waals surface area contributed by atoms with Crippen molar-refractivity contribution in [1.29, 1.82) is 0 Å². The Kier molecular flexibility index (Phi) is 5.36. The molecule has 0 amide bonds. The van der Waals surface area contributed by atoms with Crippen molar-refractivity contribution in [3.63, 3.8) is 0 Å². The van der Waals surface area contributed by atoms with Gasteiger partial charge in [0.25, 0.3) is 0 Å². The summed E-state index contributed by atoms with van der Waals surface area (Å²) in [5.41, 5.74) is 0. The zero-order valence-electron chi connectivity index (χ0n) is 16.9. The zero-order valence-corrected chi connectivity index (χ0v) is 19.8. The number of fused-ring (bicyclic) bond motifs is 2. The molecule has 2 aliphatic rings. The fraction of sp³-hybridized carbons (Fsp3) is 0.259. The van der Waals surface area contributed by atoms with Gasteiger partial charge in [-0.25, -0.2) is 0 Å². The molecule has 2 bridgehead atoms. The van der Waals surface area contributed by atoms with Gasteiger partial charge in [-0.05, 0) is 0 Å². The molecule has 0 N–H and O–H groups in total. The molecule has 2 aliphatic carbocycles. The van der Waals surface area contributed by atoms with Crippen LogP contribution in [0, 0.1) is 17.8 Å². The van der Waals surface area contributed by atoms with Crippen LogP contribution in [-0.2, 0) is 4.74 Å². The minimum absolute atomic E-state index is 0.603. The Morgan fingerprint density at radius 1 is 0.690 bits per heavy atom. The first-order valence-corrected chi connectivity index (χ1v) is 16.6. The molecule has 3 aromatic rings. The quantitative estimate of drug-likeness (QED) is 0.378. The molecule has 1 fully saturated rings. The normalized spacial score (nSPS) is 25.4. The van der Waals surface area contributed by atoms with Gasteiger partial charge in [0, 0.05) is 0 Å². The van der Waals surface area contributed by atoms with Crippen LogP contribution in [0.15, 0.2) is 103 Å². The van der Waals surface area contributed by atoms with Crippen LogP contribution in [0.4, 0.5) is 0 Å². The van der Waals surface area contributed by atoms with Gasteiger partial charge in [0.1, 0.15) is 0 Å². The fourth-order valence-corrected chi connectivity index (χ4v) is 23.8. The molecule has 0 heterocycles. The molecule has 0 spiro atoms. The van der Waals surface area contributed by atoms with Gasteiger partial charge in [0.2, 0.25) is 0 Å². The van der Waals surface area contributed by atoms with E-state index < -0.39 is 18.4 Å². The van der Waals surface area contributed by atoms with Gasteiger partial charge in [-0.15, -0.1) is 0 Å². The van der Waals surface area contributed by atoms with Crippen LogP contribution in [-0.4, -0.2) is 32.1 Å². The second-order valence-corrected chi connectivity index (χ2v) is 20.0. The first-order chi connectivity index (χ1) is 14.4. The van der Waals surface area contributed by atoms with Crippen LogP contribution in [0.25, 0.3) is 0 Å². The van der Waals surface area contributed by atoms with Gasteiger partial charge in [0.05, 0.1) is 0 Å². The third kappa shape index (κ3) is 3.10. The molecule has 4 atom stereocenters. The van der Waals surface area contributed by atoms with E-state index in [4.69, 9.17) is 4.74 Å². The standard InChI is InChI=1S/C9H13O.3C6H5.Sn/c1-10-6-9-5-7-2-3-8(9)4-7;3*1-2-4-6-5-3-1;/h2-3,5,7-9H,4,6H2,1H3;3*1-5H;/t7-,8+,9+;;;;/m0..../s1.